The smallest absolute Gasteiger partial charge is 0.182 e. The van der Waals surface area contributed by atoms with Crippen molar-refractivity contribution in [2.75, 3.05) is 25.5 Å². The van der Waals surface area contributed by atoms with Crippen LogP contribution in [0.15, 0.2) is 24.3 Å². The third-order valence-electron chi connectivity index (χ3n) is 2.43. The van der Waals surface area contributed by atoms with Crippen LogP contribution in [0.25, 0.3) is 0 Å². The van der Waals surface area contributed by atoms with Gasteiger partial charge in [0.25, 0.3) is 0 Å². The van der Waals surface area contributed by atoms with E-state index in [-0.39, 0.29) is 11.8 Å². The van der Waals surface area contributed by atoms with E-state index >= 15 is 0 Å². The van der Waals surface area contributed by atoms with Crippen molar-refractivity contribution >= 4 is 11.5 Å². The summed E-state index contributed by atoms with van der Waals surface area (Å²) in [6.07, 6.45) is 0. The quantitative estimate of drug-likeness (QED) is 0.544. The van der Waals surface area contributed by atoms with Crippen LogP contribution in [0.5, 0.6) is 0 Å². The Hall–Kier alpha value is -1.39. The Morgan fingerprint density at radius 3 is 2.73 bits per heavy atom. The topological polar surface area (TPSA) is 64.4 Å². The third-order valence-corrected chi connectivity index (χ3v) is 2.43. The first-order valence-corrected chi connectivity index (χ1v) is 4.98. The molecule has 4 heteroatoms. The number of nitrogens with one attached hydrogen (secondary N) is 1. The minimum Gasteiger partial charge on any atom is -0.399 e. The lowest BCUT2D eigenvalue weighted by Crippen LogP contribution is -2.46. The van der Waals surface area contributed by atoms with Gasteiger partial charge in [0.1, 0.15) is 0 Å². The van der Waals surface area contributed by atoms with E-state index in [1.54, 1.807) is 24.3 Å². The molecule has 80 valence electrons. The molecule has 1 aromatic carbocycles. The number of morpholine rings is 1. The summed E-state index contributed by atoms with van der Waals surface area (Å²) in [4.78, 5) is 11.9. The first-order valence-electron chi connectivity index (χ1n) is 4.98. The second kappa shape index (κ2) is 4.42. The molecule has 1 aliphatic rings. The van der Waals surface area contributed by atoms with Gasteiger partial charge in [0.05, 0.1) is 19.3 Å². The van der Waals surface area contributed by atoms with E-state index < -0.39 is 0 Å². The molecule has 1 unspecified atom stereocenters. The summed E-state index contributed by atoms with van der Waals surface area (Å²) in [6, 6.07) is 6.73. The molecule has 1 aliphatic heterocycles. The molecule has 0 saturated carbocycles. The van der Waals surface area contributed by atoms with Crippen molar-refractivity contribution in [3.8, 4) is 0 Å². The number of nitrogens with two attached hydrogens (primary N) is 1. The van der Waals surface area contributed by atoms with Crippen LogP contribution in [0.4, 0.5) is 5.69 Å². The highest BCUT2D eigenvalue weighted by atomic mass is 16.5. The van der Waals surface area contributed by atoms with E-state index in [0.29, 0.717) is 24.5 Å². The van der Waals surface area contributed by atoms with Crippen molar-refractivity contribution in [3.05, 3.63) is 29.8 Å². The van der Waals surface area contributed by atoms with Crippen LogP contribution in [0, 0.1) is 0 Å². The second-order valence-corrected chi connectivity index (χ2v) is 3.57. The fourth-order valence-electron chi connectivity index (χ4n) is 1.58. The standard InChI is InChI=1S/C11H14N2O2/c12-9-3-1-8(2-4-9)11(14)10-7-15-6-5-13-10/h1-4,10,13H,5-7,12H2. The van der Waals surface area contributed by atoms with Gasteiger partial charge in [0.2, 0.25) is 0 Å². The first kappa shape index (κ1) is 10.1. The molecule has 0 aromatic heterocycles. The minimum atomic E-state index is -0.220. The van der Waals surface area contributed by atoms with Crippen LogP contribution < -0.4 is 11.1 Å². The molecule has 1 fully saturated rings. The van der Waals surface area contributed by atoms with Gasteiger partial charge in [-0.1, -0.05) is 0 Å². The number of Topliss-reactive ketones (excluding diaryl/α,β-unsaturated/α-hetero) is 1. The molecular formula is C11H14N2O2. The Kier molecular flexibility index (Phi) is 2.99. The molecule has 4 nitrogen and oxygen atoms in total. The number of rotatable bonds is 2. The molecule has 1 saturated heterocycles. The minimum absolute atomic E-state index is 0.0645. The molecule has 1 atom stereocenters. The molecular weight excluding hydrogens is 192 g/mol. The van der Waals surface area contributed by atoms with Gasteiger partial charge < -0.3 is 15.8 Å². The van der Waals surface area contributed by atoms with Crippen molar-refractivity contribution < 1.29 is 9.53 Å². The van der Waals surface area contributed by atoms with E-state index in [4.69, 9.17) is 10.5 Å². The average molecular weight is 206 g/mol. The van der Waals surface area contributed by atoms with Crippen molar-refractivity contribution in [1.29, 1.82) is 0 Å². The molecule has 0 bridgehead atoms. The lowest BCUT2D eigenvalue weighted by Gasteiger charge is -2.22. The predicted octanol–water partition coefficient (Wildman–Crippen LogP) is 0.440. The van der Waals surface area contributed by atoms with Gasteiger partial charge in [-0.3, -0.25) is 4.79 Å². The summed E-state index contributed by atoms with van der Waals surface area (Å²) >= 11 is 0. The average Bonchev–Trinajstić information content (AvgIpc) is 2.30. The van der Waals surface area contributed by atoms with Crippen LogP contribution in [-0.4, -0.2) is 31.6 Å². The molecule has 0 amide bonds. The number of hydrogen-bond acceptors (Lipinski definition) is 4. The Bertz CT molecular complexity index is 342. The fraction of sp³-hybridized carbons (Fsp3) is 0.364. The number of nitrogen functional groups attached to an aromatic ring is 1. The monoisotopic (exact) mass is 206 g/mol. The van der Waals surface area contributed by atoms with Crippen LogP contribution in [0.1, 0.15) is 10.4 Å². The van der Waals surface area contributed by atoms with Gasteiger partial charge in [-0.2, -0.15) is 0 Å². The van der Waals surface area contributed by atoms with Crippen molar-refractivity contribution in [2.24, 2.45) is 0 Å². The summed E-state index contributed by atoms with van der Waals surface area (Å²) in [6.45, 7) is 1.85. The summed E-state index contributed by atoms with van der Waals surface area (Å²) < 4.78 is 5.24. The van der Waals surface area contributed by atoms with Gasteiger partial charge in [-0.15, -0.1) is 0 Å². The third kappa shape index (κ3) is 2.34. The van der Waals surface area contributed by atoms with Gasteiger partial charge in [0.15, 0.2) is 5.78 Å². The highest BCUT2D eigenvalue weighted by molar-refractivity contribution is 6.00. The number of anilines is 1. The van der Waals surface area contributed by atoms with E-state index in [9.17, 15) is 4.79 Å². The lowest BCUT2D eigenvalue weighted by molar-refractivity contribution is 0.0607. The Balaban J connectivity index is 2.09. The molecule has 0 spiro atoms. The summed E-state index contributed by atoms with van der Waals surface area (Å²) in [5.74, 6) is 0.0645. The van der Waals surface area contributed by atoms with Gasteiger partial charge >= 0.3 is 0 Å². The number of carbonyl (C=O) groups excluding carboxylic acids is 1. The maximum Gasteiger partial charge on any atom is 0.182 e. The van der Waals surface area contributed by atoms with Crippen molar-refractivity contribution in [1.82, 2.24) is 5.32 Å². The maximum absolute atomic E-state index is 11.9. The highest BCUT2D eigenvalue weighted by Crippen LogP contribution is 2.09. The molecule has 1 heterocycles. The summed E-state index contributed by atoms with van der Waals surface area (Å²) in [5, 5.41) is 3.13. The second-order valence-electron chi connectivity index (χ2n) is 3.57. The lowest BCUT2D eigenvalue weighted by atomic mass is 10.0. The Labute approximate surface area is 88.4 Å². The molecule has 1 aromatic rings. The number of ketones is 1. The zero-order chi connectivity index (χ0) is 10.7. The largest absolute Gasteiger partial charge is 0.399 e. The van der Waals surface area contributed by atoms with Crippen molar-refractivity contribution in [3.63, 3.8) is 0 Å². The van der Waals surface area contributed by atoms with Crippen LogP contribution in [-0.2, 0) is 4.74 Å². The van der Waals surface area contributed by atoms with Gasteiger partial charge in [-0.05, 0) is 24.3 Å². The normalized spacial score (nSPS) is 21.2. The SMILES string of the molecule is Nc1ccc(C(=O)C2COCCN2)cc1. The molecule has 3 N–H and O–H groups in total. The van der Waals surface area contributed by atoms with E-state index in [1.165, 1.54) is 0 Å². The van der Waals surface area contributed by atoms with E-state index in [1.807, 2.05) is 0 Å². The molecule has 2 rings (SSSR count). The van der Waals surface area contributed by atoms with Crippen LogP contribution >= 0.6 is 0 Å². The molecule has 0 radical (unpaired) electrons. The number of ether oxygens (including phenoxy) is 1. The van der Waals surface area contributed by atoms with Crippen molar-refractivity contribution in [2.45, 2.75) is 6.04 Å². The number of hydrogen-bond donors (Lipinski definition) is 2. The fourth-order valence-corrected chi connectivity index (χ4v) is 1.58. The maximum atomic E-state index is 11.9. The number of benzene rings is 1. The summed E-state index contributed by atoms with van der Waals surface area (Å²) in [5.41, 5.74) is 6.89. The predicted molar refractivity (Wildman–Crippen MR) is 57.8 cm³/mol. The van der Waals surface area contributed by atoms with Gasteiger partial charge in [0, 0.05) is 17.8 Å². The zero-order valence-corrected chi connectivity index (χ0v) is 8.40. The molecule has 15 heavy (non-hydrogen) atoms. The Morgan fingerprint density at radius 2 is 2.13 bits per heavy atom. The Morgan fingerprint density at radius 1 is 1.40 bits per heavy atom. The van der Waals surface area contributed by atoms with Gasteiger partial charge in [-0.25, -0.2) is 0 Å². The van der Waals surface area contributed by atoms with E-state index in [0.717, 1.165) is 6.54 Å². The number of carbonyl (C=O) groups is 1. The van der Waals surface area contributed by atoms with Crippen LogP contribution in [0.3, 0.4) is 0 Å². The zero-order valence-electron chi connectivity index (χ0n) is 8.40. The summed E-state index contributed by atoms with van der Waals surface area (Å²) in [7, 11) is 0. The van der Waals surface area contributed by atoms with E-state index in [2.05, 4.69) is 5.32 Å². The van der Waals surface area contributed by atoms with Crippen LogP contribution in [0.2, 0.25) is 0 Å². The molecule has 0 aliphatic carbocycles. The highest BCUT2D eigenvalue weighted by Gasteiger charge is 2.21. The first-order chi connectivity index (χ1) is 7.27.